The van der Waals surface area contributed by atoms with Gasteiger partial charge in [0.2, 0.25) is 0 Å². The van der Waals surface area contributed by atoms with Gasteiger partial charge in [0.05, 0.1) is 19.3 Å². The van der Waals surface area contributed by atoms with Crippen LogP contribution in [0.1, 0.15) is 6.92 Å². The van der Waals surface area contributed by atoms with Crippen LogP contribution >= 0.6 is 0 Å². The molecule has 1 N–H and O–H groups in total. The number of benzene rings is 1. The lowest BCUT2D eigenvalue weighted by atomic mass is 10.1. The molecule has 1 aromatic carbocycles. The number of hydrogen-bond donors (Lipinski definition) is 1. The largest absolute Gasteiger partial charge is 0.479 e. The molecule has 0 saturated carbocycles. The highest BCUT2D eigenvalue weighted by Crippen LogP contribution is 2.17. The average molecular weight is 260 g/mol. The Morgan fingerprint density at radius 3 is 2.79 bits per heavy atom. The zero-order chi connectivity index (χ0) is 13.7. The van der Waals surface area contributed by atoms with E-state index in [1.165, 1.54) is 6.92 Å². The molecule has 0 spiro atoms. The molecule has 0 aliphatic carbocycles. The van der Waals surface area contributed by atoms with E-state index in [0.717, 1.165) is 11.1 Å². The van der Waals surface area contributed by atoms with Crippen molar-refractivity contribution in [2.75, 3.05) is 6.61 Å². The second-order valence-corrected chi connectivity index (χ2v) is 4.21. The van der Waals surface area contributed by atoms with Gasteiger partial charge in [-0.1, -0.05) is 30.3 Å². The normalized spacial score (nSPS) is 12.3. The van der Waals surface area contributed by atoms with Gasteiger partial charge in [-0.15, -0.1) is 0 Å². The average Bonchev–Trinajstić information content (AvgIpc) is 2.88. The summed E-state index contributed by atoms with van der Waals surface area (Å²) in [6.45, 7) is 2.37. The third-order valence-corrected chi connectivity index (χ3v) is 2.78. The minimum absolute atomic E-state index is 0.323. The number of carbonyl (C=O) groups is 1. The van der Waals surface area contributed by atoms with Crippen LogP contribution in [-0.2, 0) is 16.1 Å². The van der Waals surface area contributed by atoms with E-state index < -0.39 is 12.1 Å². The van der Waals surface area contributed by atoms with Gasteiger partial charge in [0.25, 0.3) is 0 Å². The molecule has 0 saturated heterocycles. The van der Waals surface area contributed by atoms with Crippen molar-refractivity contribution in [2.45, 2.75) is 19.6 Å². The van der Waals surface area contributed by atoms with Crippen LogP contribution in [-0.4, -0.2) is 33.6 Å². The van der Waals surface area contributed by atoms with Crippen molar-refractivity contribution in [3.05, 3.63) is 42.7 Å². The minimum Gasteiger partial charge on any atom is -0.479 e. The number of aliphatic carboxylic acids is 1. The first-order valence-electron chi connectivity index (χ1n) is 6.09. The summed E-state index contributed by atoms with van der Waals surface area (Å²) < 4.78 is 6.91. The van der Waals surface area contributed by atoms with Crippen molar-refractivity contribution in [2.24, 2.45) is 0 Å². The summed E-state index contributed by atoms with van der Waals surface area (Å²) >= 11 is 0. The fourth-order valence-electron chi connectivity index (χ4n) is 1.66. The maximum atomic E-state index is 10.6. The van der Waals surface area contributed by atoms with Gasteiger partial charge in [0.1, 0.15) is 0 Å². The number of ether oxygens (including phenoxy) is 1. The summed E-state index contributed by atoms with van der Waals surface area (Å²) in [5.74, 6) is -0.953. The Hall–Kier alpha value is -2.14. The molecule has 19 heavy (non-hydrogen) atoms. The first-order valence-corrected chi connectivity index (χ1v) is 6.09. The molecule has 100 valence electrons. The van der Waals surface area contributed by atoms with Crippen molar-refractivity contribution in [1.29, 1.82) is 0 Å². The number of carboxylic acid groups (broad SMARTS) is 1. The predicted molar refractivity (Wildman–Crippen MR) is 70.7 cm³/mol. The highest BCUT2D eigenvalue weighted by atomic mass is 16.5. The molecule has 0 bridgehead atoms. The van der Waals surface area contributed by atoms with E-state index in [-0.39, 0.29) is 0 Å². The number of aromatic nitrogens is 2. The molecular weight excluding hydrogens is 244 g/mol. The first-order chi connectivity index (χ1) is 9.16. The van der Waals surface area contributed by atoms with Gasteiger partial charge in [-0.3, -0.25) is 4.68 Å². The number of carboxylic acids is 1. The number of hydrogen-bond acceptors (Lipinski definition) is 3. The van der Waals surface area contributed by atoms with Crippen LogP contribution in [0.3, 0.4) is 0 Å². The van der Waals surface area contributed by atoms with E-state index >= 15 is 0 Å². The second-order valence-electron chi connectivity index (χ2n) is 4.21. The molecule has 5 nitrogen and oxygen atoms in total. The molecule has 0 aliphatic rings. The Kier molecular flexibility index (Phi) is 4.30. The highest BCUT2D eigenvalue weighted by molar-refractivity contribution is 5.71. The summed E-state index contributed by atoms with van der Waals surface area (Å²) in [4.78, 5) is 10.6. The van der Waals surface area contributed by atoms with Crippen LogP contribution in [0.5, 0.6) is 0 Å². The van der Waals surface area contributed by atoms with Crippen molar-refractivity contribution in [1.82, 2.24) is 9.78 Å². The quantitative estimate of drug-likeness (QED) is 0.863. The van der Waals surface area contributed by atoms with Gasteiger partial charge in [-0.2, -0.15) is 5.10 Å². The summed E-state index contributed by atoms with van der Waals surface area (Å²) in [6, 6.07) is 9.96. The zero-order valence-electron chi connectivity index (χ0n) is 10.7. The second kappa shape index (κ2) is 6.15. The molecule has 0 fully saturated rings. The van der Waals surface area contributed by atoms with E-state index in [1.54, 1.807) is 10.9 Å². The van der Waals surface area contributed by atoms with Gasteiger partial charge in [-0.25, -0.2) is 4.79 Å². The lowest BCUT2D eigenvalue weighted by Gasteiger charge is -2.07. The standard InChI is InChI=1S/C14H16N2O3/c1-11(14(17)18)19-8-7-16-10-13(9-15-16)12-5-3-2-4-6-12/h2-6,9-11H,7-8H2,1H3,(H,17,18). The molecule has 0 radical (unpaired) electrons. The summed E-state index contributed by atoms with van der Waals surface area (Å²) in [5.41, 5.74) is 2.14. The molecule has 5 heteroatoms. The third-order valence-electron chi connectivity index (χ3n) is 2.78. The van der Waals surface area contributed by atoms with Crippen molar-refractivity contribution < 1.29 is 14.6 Å². The number of rotatable bonds is 6. The van der Waals surface area contributed by atoms with Crippen molar-refractivity contribution in [3.63, 3.8) is 0 Å². The molecule has 2 rings (SSSR count). The van der Waals surface area contributed by atoms with E-state index in [2.05, 4.69) is 5.10 Å². The lowest BCUT2D eigenvalue weighted by Crippen LogP contribution is -2.22. The zero-order valence-corrected chi connectivity index (χ0v) is 10.7. The SMILES string of the molecule is CC(OCCn1cc(-c2ccccc2)cn1)C(=O)O. The van der Waals surface area contributed by atoms with E-state index in [9.17, 15) is 4.79 Å². The topological polar surface area (TPSA) is 64.4 Å². The highest BCUT2D eigenvalue weighted by Gasteiger charge is 2.10. The van der Waals surface area contributed by atoms with Crippen LogP contribution < -0.4 is 0 Å². The van der Waals surface area contributed by atoms with Gasteiger partial charge in [0, 0.05) is 11.8 Å². The maximum absolute atomic E-state index is 10.6. The van der Waals surface area contributed by atoms with Crippen LogP contribution in [0.4, 0.5) is 0 Å². The maximum Gasteiger partial charge on any atom is 0.332 e. The summed E-state index contributed by atoms with van der Waals surface area (Å²) in [7, 11) is 0. The Morgan fingerprint density at radius 1 is 1.37 bits per heavy atom. The molecule has 2 aromatic rings. The third kappa shape index (κ3) is 3.66. The Morgan fingerprint density at radius 2 is 2.11 bits per heavy atom. The Balaban J connectivity index is 1.90. The molecule has 0 amide bonds. The van der Waals surface area contributed by atoms with Crippen molar-refractivity contribution >= 4 is 5.97 Å². The lowest BCUT2D eigenvalue weighted by molar-refractivity contribution is -0.149. The smallest absolute Gasteiger partial charge is 0.332 e. The van der Waals surface area contributed by atoms with E-state index in [4.69, 9.17) is 9.84 Å². The Labute approximate surface area is 111 Å². The summed E-state index contributed by atoms with van der Waals surface area (Å²) in [6.07, 6.45) is 2.92. The monoisotopic (exact) mass is 260 g/mol. The molecule has 1 atom stereocenters. The van der Waals surface area contributed by atoms with Gasteiger partial charge < -0.3 is 9.84 Å². The summed E-state index contributed by atoms with van der Waals surface area (Å²) in [5, 5.41) is 12.9. The molecule has 0 aliphatic heterocycles. The minimum atomic E-state index is -0.953. The van der Waals surface area contributed by atoms with E-state index in [1.807, 2.05) is 36.5 Å². The first kappa shape index (κ1) is 13.3. The number of nitrogens with zero attached hydrogens (tertiary/aromatic N) is 2. The van der Waals surface area contributed by atoms with Crippen LogP contribution in [0.15, 0.2) is 42.7 Å². The Bertz CT molecular complexity index is 537. The molecule has 1 heterocycles. The van der Waals surface area contributed by atoms with Gasteiger partial charge in [-0.05, 0) is 12.5 Å². The van der Waals surface area contributed by atoms with Crippen molar-refractivity contribution in [3.8, 4) is 11.1 Å². The van der Waals surface area contributed by atoms with Crippen LogP contribution in [0.25, 0.3) is 11.1 Å². The van der Waals surface area contributed by atoms with E-state index in [0.29, 0.717) is 13.2 Å². The van der Waals surface area contributed by atoms with Crippen LogP contribution in [0, 0.1) is 0 Å². The van der Waals surface area contributed by atoms with Gasteiger partial charge >= 0.3 is 5.97 Å². The molecule has 1 unspecified atom stereocenters. The van der Waals surface area contributed by atoms with Crippen LogP contribution in [0.2, 0.25) is 0 Å². The predicted octanol–water partition coefficient (Wildman–Crippen LogP) is 2.04. The fraction of sp³-hybridized carbons (Fsp3) is 0.286. The van der Waals surface area contributed by atoms with Gasteiger partial charge in [0.15, 0.2) is 6.10 Å². The molecule has 1 aromatic heterocycles. The fourth-order valence-corrected chi connectivity index (χ4v) is 1.66. The molecular formula is C14H16N2O3.